The first-order chi connectivity index (χ1) is 8.08. The Bertz CT molecular complexity index is 557. The monoisotopic (exact) mass is 254 g/mol. The average Bonchev–Trinajstić information content (AvgIpc) is 2.73. The van der Waals surface area contributed by atoms with Crippen LogP contribution >= 0.6 is 11.6 Å². The molecular weight excluding hydrogens is 244 g/mol. The van der Waals surface area contributed by atoms with Gasteiger partial charge in [0.2, 0.25) is 0 Å². The van der Waals surface area contributed by atoms with Crippen LogP contribution in [0.2, 0.25) is 5.02 Å². The van der Waals surface area contributed by atoms with E-state index >= 15 is 0 Å². The third-order valence-corrected chi connectivity index (χ3v) is 2.13. The Morgan fingerprint density at radius 1 is 1.24 bits per heavy atom. The number of carbonyl (C=O) groups excluding carboxylic acids is 1. The summed E-state index contributed by atoms with van der Waals surface area (Å²) in [5.41, 5.74) is 0.434. The van der Waals surface area contributed by atoms with Gasteiger partial charge in [0.05, 0.1) is 0 Å². The highest BCUT2D eigenvalue weighted by atomic mass is 35.5. The minimum Gasteiger partial charge on any atom is -0.475 e. The highest BCUT2D eigenvalue weighted by Crippen LogP contribution is 2.23. The molecule has 0 saturated heterocycles. The van der Waals surface area contributed by atoms with E-state index in [0.29, 0.717) is 16.0 Å². The molecular formula is C12H11ClO4. The van der Waals surface area contributed by atoms with Gasteiger partial charge in [-0.05, 0) is 24.3 Å². The maximum Gasteiger partial charge on any atom is 0.380 e. The van der Waals surface area contributed by atoms with E-state index in [1.165, 1.54) is 6.07 Å². The number of rotatable bonds is 2. The van der Waals surface area contributed by atoms with Gasteiger partial charge in [-0.1, -0.05) is 25.4 Å². The van der Waals surface area contributed by atoms with Gasteiger partial charge in [-0.2, -0.15) is 0 Å². The summed E-state index contributed by atoms with van der Waals surface area (Å²) in [6.07, 6.45) is 0. The van der Waals surface area contributed by atoms with E-state index in [4.69, 9.17) is 21.1 Å². The van der Waals surface area contributed by atoms with Gasteiger partial charge in [0, 0.05) is 10.4 Å². The number of hydrogen-bond acceptors (Lipinski definition) is 3. The lowest BCUT2D eigenvalue weighted by molar-refractivity contribution is -0.131. The van der Waals surface area contributed by atoms with Crippen LogP contribution in [0.5, 0.6) is 0 Å². The Hall–Kier alpha value is -1.81. The Balaban J connectivity index is 0.000000686. The minimum absolute atomic E-state index is 0.195. The number of hydrogen-bond donors (Lipinski definition) is 1. The number of furan rings is 1. The largest absolute Gasteiger partial charge is 0.475 e. The lowest BCUT2D eigenvalue weighted by atomic mass is 10.2. The SMILES string of the molecule is CC.O=C(O)C(=O)c1cc2cc(Cl)ccc2o1. The first-order valence-electron chi connectivity index (χ1n) is 5.04. The quantitative estimate of drug-likeness (QED) is 0.659. The molecule has 0 saturated carbocycles. The molecule has 0 bridgehead atoms. The predicted octanol–water partition coefficient (Wildman–Crippen LogP) is 3.38. The normalized spacial score (nSPS) is 9.59. The molecule has 0 unspecified atom stereocenters. The first-order valence-corrected chi connectivity index (χ1v) is 5.42. The fourth-order valence-electron chi connectivity index (χ4n) is 1.23. The molecule has 90 valence electrons. The van der Waals surface area contributed by atoms with Crippen molar-refractivity contribution in [3.8, 4) is 0 Å². The van der Waals surface area contributed by atoms with Gasteiger partial charge >= 0.3 is 11.8 Å². The number of carbonyl (C=O) groups is 2. The van der Waals surface area contributed by atoms with Crippen molar-refractivity contribution in [1.82, 2.24) is 0 Å². The zero-order chi connectivity index (χ0) is 13.0. The van der Waals surface area contributed by atoms with Crippen LogP contribution in [0.4, 0.5) is 0 Å². The van der Waals surface area contributed by atoms with Gasteiger partial charge in [-0.25, -0.2) is 4.79 Å². The van der Waals surface area contributed by atoms with Crippen LogP contribution in [0.25, 0.3) is 11.0 Å². The Morgan fingerprint density at radius 3 is 2.47 bits per heavy atom. The van der Waals surface area contributed by atoms with Gasteiger partial charge in [0.25, 0.3) is 0 Å². The molecule has 0 fully saturated rings. The third kappa shape index (κ3) is 2.85. The molecule has 0 radical (unpaired) electrons. The van der Waals surface area contributed by atoms with Crippen LogP contribution in [0, 0.1) is 0 Å². The number of carboxylic acids is 1. The third-order valence-electron chi connectivity index (χ3n) is 1.90. The second kappa shape index (κ2) is 5.50. The van der Waals surface area contributed by atoms with Crippen molar-refractivity contribution in [2.75, 3.05) is 0 Å². The average molecular weight is 255 g/mol. The molecule has 2 rings (SSSR count). The molecule has 1 heterocycles. The van der Waals surface area contributed by atoms with E-state index in [1.54, 1.807) is 18.2 Å². The molecule has 0 spiro atoms. The van der Waals surface area contributed by atoms with Crippen molar-refractivity contribution in [1.29, 1.82) is 0 Å². The Morgan fingerprint density at radius 2 is 1.88 bits per heavy atom. The first kappa shape index (κ1) is 13.3. The van der Waals surface area contributed by atoms with E-state index in [0.717, 1.165) is 0 Å². The number of fused-ring (bicyclic) bond motifs is 1. The number of aliphatic carboxylic acids is 1. The molecule has 0 aliphatic heterocycles. The summed E-state index contributed by atoms with van der Waals surface area (Å²) in [7, 11) is 0. The number of halogens is 1. The van der Waals surface area contributed by atoms with Crippen LogP contribution in [0.3, 0.4) is 0 Å². The lowest BCUT2D eigenvalue weighted by Crippen LogP contribution is -2.11. The summed E-state index contributed by atoms with van der Waals surface area (Å²) in [6.45, 7) is 4.00. The van der Waals surface area contributed by atoms with Gasteiger partial charge in [0.15, 0.2) is 5.76 Å². The Labute approximate surface area is 103 Å². The van der Waals surface area contributed by atoms with Gasteiger partial charge in [-0.3, -0.25) is 4.79 Å². The molecule has 1 N–H and O–H groups in total. The van der Waals surface area contributed by atoms with Crippen molar-refractivity contribution in [2.45, 2.75) is 13.8 Å². The van der Waals surface area contributed by atoms with Crippen molar-refractivity contribution in [3.63, 3.8) is 0 Å². The van der Waals surface area contributed by atoms with E-state index < -0.39 is 11.8 Å². The molecule has 1 aromatic heterocycles. The predicted molar refractivity (Wildman–Crippen MR) is 64.5 cm³/mol. The molecule has 5 heteroatoms. The topological polar surface area (TPSA) is 67.5 Å². The summed E-state index contributed by atoms with van der Waals surface area (Å²) in [5, 5.41) is 9.58. The van der Waals surface area contributed by atoms with Crippen LogP contribution in [0.1, 0.15) is 24.4 Å². The van der Waals surface area contributed by atoms with Crippen molar-refractivity contribution < 1.29 is 19.1 Å². The van der Waals surface area contributed by atoms with Gasteiger partial charge in [0.1, 0.15) is 5.58 Å². The molecule has 0 amide bonds. The van der Waals surface area contributed by atoms with Crippen molar-refractivity contribution in [3.05, 3.63) is 35.0 Å². The molecule has 0 aliphatic carbocycles. The van der Waals surface area contributed by atoms with Gasteiger partial charge in [-0.15, -0.1) is 0 Å². The van der Waals surface area contributed by atoms with Crippen molar-refractivity contribution in [2.24, 2.45) is 0 Å². The smallest absolute Gasteiger partial charge is 0.380 e. The standard InChI is InChI=1S/C10H5ClO4.C2H6/c11-6-1-2-7-5(3-6)4-8(15-7)9(12)10(13)14;1-2/h1-4H,(H,13,14);1-2H3. The second-order valence-corrected chi connectivity index (χ2v) is 3.36. The van der Waals surface area contributed by atoms with Crippen LogP contribution < -0.4 is 0 Å². The fraction of sp³-hybridized carbons (Fsp3) is 0.167. The molecule has 17 heavy (non-hydrogen) atoms. The summed E-state index contributed by atoms with van der Waals surface area (Å²) >= 11 is 5.73. The highest BCUT2D eigenvalue weighted by molar-refractivity contribution is 6.39. The molecule has 4 nitrogen and oxygen atoms in total. The maximum atomic E-state index is 11.1. The number of ketones is 1. The van der Waals surface area contributed by atoms with E-state index in [1.807, 2.05) is 13.8 Å². The van der Waals surface area contributed by atoms with Crippen LogP contribution in [-0.2, 0) is 4.79 Å². The van der Waals surface area contributed by atoms with Crippen LogP contribution in [-0.4, -0.2) is 16.9 Å². The number of carboxylic acid groups (broad SMARTS) is 1. The molecule has 0 aliphatic rings. The van der Waals surface area contributed by atoms with Gasteiger partial charge < -0.3 is 9.52 Å². The molecule has 0 atom stereocenters. The zero-order valence-electron chi connectivity index (χ0n) is 9.36. The summed E-state index contributed by atoms with van der Waals surface area (Å²) < 4.78 is 5.06. The molecule has 1 aromatic carbocycles. The number of Topliss-reactive ketones (excluding diaryl/α,β-unsaturated/α-hetero) is 1. The number of benzene rings is 1. The minimum atomic E-state index is -1.54. The highest BCUT2D eigenvalue weighted by Gasteiger charge is 2.19. The summed E-state index contributed by atoms with van der Waals surface area (Å²) in [4.78, 5) is 21.5. The lowest BCUT2D eigenvalue weighted by Gasteiger charge is -1.88. The maximum absolute atomic E-state index is 11.1. The Kier molecular flexibility index (Phi) is 4.29. The summed E-state index contributed by atoms with van der Waals surface area (Å²) in [5.74, 6) is -2.80. The second-order valence-electron chi connectivity index (χ2n) is 2.93. The zero-order valence-corrected chi connectivity index (χ0v) is 10.1. The fourth-order valence-corrected chi connectivity index (χ4v) is 1.41. The van der Waals surface area contributed by atoms with E-state index in [-0.39, 0.29) is 5.76 Å². The molecule has 2 aromatic rings. The van der Waals surface area contributed by atoms with Crippen molar-refractivity contribution >= 4 is 34.3 Å². The summed E-state index contributed by atoms with van der Waals surface area (Å²) in [6, 6.07) is 6.13. The van der Waals surface area contributed by atoms with E-state index in [9.17, 15) is 9.59 Å². The van der Waals surface area contributed by atoms with E-state index in [2.05, 4.69) is 0 Å². The van der Waals surface area contributed by atoms with Crippen LogP contribution in [0.15, 0.2) is 28.7 Å².